The Labute approximate surface area is 133 Å². The molecule has 0 radical (unpaired) electrons. The first kappa shape index (κ1) is 15.3. The highest BCUT2D eigenvalue weighted by atomic mass is 32.2. The lowest BCUT2D eigenvalue weighted by atomic mass is 10.1. The molecule has 1 saturated heterocycles. The maximum Gasteiger partial charge on any atom is 0.335 e. The Morgan fingerprint density at radius 1 is 1.18 bits per heavy atom. The number of benzene rings is 2. The number of hydrogen-bond acceptors (Lipinski definition) is 4. The van der Waals surface area contributed by atoms with Crippen molar-refractivity contribution in [1.29, 1.82) is 0 Å². The molecule has 0 aromatic heterocycles. The van der Waals surface area contributed by atoms with Crippen LogP contribution in [0.1, 0.15) is 13.8 Å². The lowest BCUT2D eigenvalue weighted by Crippen LogP contribution is -2.32. The van der Waals surface area contributed by atoms with Gasteiger partial charge in [0, 0.05) is 10.6 Å². The smallest absolute Gasteiger partial charge is 0.335 e. The number of carboxylic acid groups (broad SMARTS) is 1. The monoisotopic (exact) mass is 318 g/mol. The highest BCUT2D eigenvalue weighted by Crippen LogP contribution is 2.32. The van der Waals surface area contributed by atoms with Crippen molar-refractivity contribution in [3.05, 3.63) is 42.5 Å². The molecule has 2 atom stereocenters. The van der Waals surface area contributed by atoms with Gasteiger partial charge in [-0.15, -0.1) is 11.8 Å². The average Bonchev–Trinajstić information content (AvgIpc) is 2.80. The Morgan fingerprint density at radius 3 is 2.64 bits per heavy atom. The van der Waals surface area contributed by atoms with Crippen LogP contribution in [0.5, 0.6) is 0 Å². The maximum atomic E-state index is 11.3. The van der Waals surface area contributed by atoms with Crippen molar-refractivity contribution in [2.75, 3.05) is 5.75 Å². The molecule has 0 amide bonds. The predicted octanol–water partition coefficient (Wildman–Crippen LogP) is 3.54. The van der Waals surface area contributed by atoms with E-state index >= 15 is 0 Å². The van der Waals surface area contributed by atoms with Gasteiger partial charge in [0.15, 0.2) is 11.9 Å². The number of rotatable bonds is 4. The van der Waals surface area contributed by atoms with Crippen LogP contribution >= 0.6 is 11.8 Å². The van der Waals surface area contributed by atoms with E-state index in [0.717, 1.165) is 4.90 Å². The molecular weight excluding hydrogens is 300 g/mol. The van der Waals surface area contributed by atoms with Crippen molar-refractivity contribution in [1.82, 2.24) is 0 Å². The highest BCUT2D eigenvalue weighted by Gasteiger charge is 2.45. The zero-order chi connectivity index (χ0) is 15.7. The Balaban J connectivity index is 1.71. The summed E-state index contributed by atoms with van der Waals surface area (Å²) in [6.45, 7) is 3.48. The van der Waals surface area contributed by atoms with E-state index in [-0.39, 0.29) is 0 Å². The molecule has 1 aliphatic heterocycles. The molecule has 0 aliphatic carbocycles. The van der Waals surface area contributed by atoms with Crippen molar-refractivity contribution in [3.8, 4) is 0 Å². The third-order valence-electron chi connectivity index (χ3n) is 3.56. The van der Waals surface area contributed by atoms with Crippen LogP contribution in [-0.2, 0) is 14.3 Å². The number of ether oxygens (including phenoxy) is 2. The van der Waals surface area contributed by atoms with E-state index in [1.807, 2.05) is 18.2 Å². The third-order valence-corrected chi connectivity index (χ3v) is 4.64. The summed E-state index contributed by atoms with van der Waals surface area (Å²) in [7, 11) is 0. The standard InChI is InChI=1S/C17H18O4S/c1-17(2)20-14(15(21-17)16(18)19)10-22-13-8-7-11-5-3-4-6-12(11)9-13/h3-9,14-15H,10H2,1-2H3,(H,18,19)/t14-,15-/m1/s1. The van der Waals surface area contributed by atoms with Crippen LogP contribution in [0.25, 0.3) is 10.8 Å². The second-order valence-electron chi connectivity index (χ2n) is 5.75. The van der Waals surface area contributed by atoms with Crippen molar-refractivity contribution >= 4 is 28.5 Å². The van der Waals surface area contributed by atoms with E-state index in [2.05, 4.69) is 24.3 Å². The van der Waals surface area contributed by atoms with Gasteiger partial charge in [-0.1, -0.05) is 30.3 Å². The van der Waals surface area contributed by atoms with Gasteiger partial charge in [0.1, 0.15) is 6.10 Å². The van der Waals surface area contributed by atoms with Crippen molar-refractivity contribution in [3.63, 3.8) is 0 Å². The van der Waals surface area contributed by atoms with E-state index in [9.17, 15) is 9.90 Å². The second-order valence-corrected chi connectivity index (χ2v) is 6.85. The van der Waals surface area contributed by atoms with Crippen molar-refractivity contribution in [2.24, 2.45) is 0 Å². The van der Waals surface area contributed by atoms with Gasteiger partial charge in [-0.05, 0) is 36.8 Å². The van der Waals surface area contributed by atoms with Gasteiger partial charge in [0.25, 0.3) is 0 Å². The minimum atomic E-state index is -0.977. The molecule has 116 valence electrons. The number of carboxylic acids is 1. The number of carbonyl (C=O) groups is 1. The van der Waals surface area contributed by atoms with Gasteiger partial charge in [0.05, 0.1) is 0 Å². The molecule has 1 fully saturated rings. The molecule has 1 N–H and O–H groups in total. The Bertz CT molecular complexity index is 698. The highest BCUT2D eigenvalue weighted by molar-refractivity contribution is 7.99. The summed E-state index contributed by atoms with van der Waals surface area (Å²) >= 11 is 1.59. The number of thioether (sulfide) groups is 1. The molecule has 0 unspecified atom stereocenters. The molecule has 1 aliphatic rings. The Morgan fingerprint density at radius 2 is 1.91 bits per heavy atom. The van der Waals surface area contributed by atoms with Gasteiger partial charge in [-0.2, -0.15) is 0 Å². The predicted molar refractivity (Wildman–Crippen MR) is 86.1 cm³/mol. The first-order valence-corrected chi connectivity index (χ1v) is 8.13. The van der Waals surface area contributed by atoms with Crippen LogP contribution in [0.2, 0.25) is 0 Å². The fraction of sp³-hybridized carbons (Fsp3) is 0.353. The number of aliphatic carboxylic acids is 1. The molecule has 4 nitrogen and oxygen atoms in total. The van der Waals surface area contributed by atoms with Crippen molar-refractivity contribution < 1.29 is 19.4 Å². The zero-order valence-electron chi connectivity index (χ0n) is 12.5. The minimum absolute atomic E-state index is 0.455. The second kappa shape index (κ2) is 5.91. The van der Waals surface area contributed by atoms with Crippen LogP contribution in [0.4, 0.5) is 0 Å². The van der Waals surface area contributed by atoms with Crippen LogP contribution in [0.15, 0.2) is 47.4 Å². The van der Waals surface area contributed by atoms with Gasteiger partial charge in [0.2, 0.25) is 0 Å². The number of hydrogen-bond donors (Lipinski definition) is 1. The van der Waals surface area contributed by atoms with Crippen LogP contribution < -0.4 is 0 Å². The fourth-order valence-corrected chi connectivity index (χ4v) is 3.58. The third kappa shape index (κ3) is 3.27. The summed E-state index contributed by atoms with van der Waals surface area (Å²) in [6, 6.07) is 14.4. The van der Waals surface area contributed by atoms with E-state index < -0.39 is 24.0 Å². The van der Waals surface area contributed by atoms with Gasteiger partial charge < -0.3 is 14.6 Å². The summed E-state index contributed by atoms with van der Waals surface area (Å²) in [6.07, 6.45) is -1.37. The minimum Gasteiger partial charge on any atom is -0.479 e. The van der Waals surface area contributed by atoms with Crippen LogP contribution in [0.3, 0.4) is 0 Å². The molecule has 1 heterocycles. The molecule has 22 heavy (non-hydrogen) atoms. The molecule has 0 spiro atoms. The van der Waals surface area contributed by atoms with Crippen molar-refractivity contribution in [2.45, 2.75) is 36.7 Å². The van der Waals surface area contributed by atoms with E-state index in [0.29, 0.717) is 5.75 Å². The largest absolute Gasteiger partial charge is 0.479 e. The molecular formula is C17H18O4S. The molecule has 0 bridgehead atoms. The summed E-state index contributed by atoms with van der Waals surface area (Å²) in [5, 5.41) is 11.6. The molecule has 2 aromatic carbocycles. The Kier molecular flexibility index (Phi) is 4.12. The number of fused-ring (bicyclic) bond motifs is 1. The fourth-order valence-electron chi connectivity index (χ4n) is 2.60. The topological polar surface area (TPSA) is 55.8 Å². The average molecular weight is 318 g/mol. The molecule has 5 heteroatoms. The lowest BCUT2D eigenvalue weighted by molar-refractivity contribution is -0.165. The van der Waals surface area contributed by atoms with E-state index in [1.54, 1.807) is 25.6 Å². The quantitative estimate of drug-likeness (QED) is 0.874. The van der Waals surface area contributed by atoms with E-state index in [1.165, 1.54) is 10.8 Å². The SMILES string of the molecule is CC1(C)O[C@H](CSc2ccc3ccccc3c2)[C@H](C(=O)O)O1. The van der Waals surface area contributed by atoms with Gasteiger partial charge >= 0.3 is 5.97 Å². The maximum absolute atomic E-state index is 11.3. The van der Waals surface area contributed by atoms with E-state index in [4.69, 9.17) is 9.47 Å². The molecule has 0 saturated carbocycles. The van der Waals surface area contributed by atoms with Crippen LogP contribution in [0, 0.1) is 0 Å². The summed E-state index contributed by atoms with van der Waals surface area (Å²) < 4.78 is 11.2. The van der Waals surface area contributed by atoms with Crippen LogP contribution in [-0.4, -0.2) is 34.8 Å². The first-order valence-electron chi connectivity index (χ1n) is 7.15. The summed E-state index contributed by atoms with van der Waals surface area (Å²) in [5.74, 6) is -1.29. The molecule has 2 aromatic rings. The normalized spacial score (nSPS) is 23.7. The zero-order valence-corrected chi connectivity index (χ0v) is 13.3. The lowest BCUT2D eigenvalue weighted by Gasteiger charge is -2.16. The molecule has 3 rings (SSSR count). The van der Waals surface area contributed by atoms with Gasteiger partial charge in [-0.3, -0.25) is 0 Å². The first-order chi connectivity index (χ1) is 10.4. The Hall–Kier alpha value is -1.56. The van der Waals surface area contributed by atoms with Gasteiger partial charge in [-0.25, -0.2) is 4.79 Å². The summed E-state index contributed by atoms with van der Waals surface area (Å²) in [4.78, 5) is 12.4. The summed E-state index contributed by atoms with van der Waals surface area (Å²) in [5.41, 5.74) is 0.